The summed E-state index contributed by atoms with van der Waals surface area (Å²) in [5, 5.41) is 0. The van der Waals surface area contributed by atoms with Crippen molar-refractivity contribution < 1.29 is 0 Å². The molecule has 0 aromatic heterocycles. The minimum absolute atomic E-state index is 0.224. The van der Waals surface area contributed by atoms with Crippen molar-refractivity contribution >= 4 is 0 Å². The van der Waals surface area contributed by atoms with Gasteiger partial charge >= 0.3 is 0 Å². The Bertz CT molecular complexity index is 559. The van der Waals surface area contributed by atoms with E-state index in [1.165, 1.54) is 28.7 Å². The normalized spacial score (nSPS) is 22.0. The molecule has 2 aromatic rings. The fraction of sp³-hybridized carbons (Fsp3) is 0.333. The van der Waals surface area contributed by atoms with Gasteiger partial charge in [-0.05, 0) is 47.4 Å². The fourth-order valence-electron chi connectivity index (χ4n) is 3.08. The minimum atomic E-state index is 0.224. The van der Waals surface area contributed by atoms with Crippen LogP contribution in [0.2, 0.25) is 0 Å². The highest BCUT2D eigenvalue weighted by Gasteiger charge is 2.22. The van der Waals surface area contributed by atoms with Gasteiger partial charge in [0.2, 0.25) is 0 Å². The molecule has 0 saturated carbocycles. The van der Waals surface area contributed by atoms with E-state index in [1.54, 1.807) is 0 Å². The highest BCUT2D eigenvalue weighted by molar-refractivity contribution is 5.40. The maximum atomic E-state index is 6.27. The van der Waals surface area contributed by atoms with Gasteiger partial charge in [0, 0.05) is 6.04 Å². The van der Waals surface area contributed by atoms with Crippen molar-refractivity contribution in [2.45, 2.75) is 38.1 Å². The van der Waals surface area contributed by atoms with Gasteiger partial charge in [0.05, 0.1) is 0 Å². The molecule has 2 N–H and O–H groups in total. The lowest BCUT2D eigenvalue weighted by molar-refractivity contribution is 0.513. The quantitative estimate of drug-likeness (QED) is 0.851. The molecular formula is C18H21N. The molecule has 0 aliphatic heterocycles. The first-order chi connectivity index (χ1) is 9.24. The van der Waals surface area contributed by atoms with Crippen molar-refractivity contribution in [1.29, 1.82) is 0 Å². The molecule has 3 rings (SSSR count). The third-order valence-electron chi connectivity index (χ3n) is 4.24. The summed E-state index contributed by atoms with van der Waals surface area (Å²) in [6, 6.07) is 17.7. The van der Waals surface area contributed by atoms with Crippen molar-refractivity contribution in [3.63, 3.8) is 0 Å². The van der Waals surface area contributed by atoms with Crippen LogP contribution in [-0.2, 0) is 6.42 Å². The van der Waals surface area contributed by atoms with E-state index < -0.39 is 0 Å². The van der Waals surface area contributed by atoms with Crippen LogP contribution in [0.25, 0.3) is 0 Å². The van der Waals surface area contributed by atoms with E-state index in [9.17, 15) is 0 Å². The van der Waals surface area contributed by atoms with E-state index in [0.29, 0.717) is 5.92 Å². The molecule has 0 amide bonds. The van der Waals surface area contributed by atoms with Crippen LogP contribution in [0, 0.1) is 0 Å². The lowest BCUT2D eigenvalue weighted by Gasteiger charge is -2.28. The first kappa shape index (κ1) is 12.4. The van der Waals surface area contributed by atoms with E-state index in [2.05, 4.69) is 55.5 Å². The van der Waals surface area contributed by atoms with Crippen molar-refractivity contribution in [1.82, 2.24) is 0 Å². The Hall–Kier alpha value is -1.60. The molecule has 1 nitrogen and oxygen atoms in total. The first-order valence-electron chi connectivity index (χ1n) is 7.16. The molecule has 0 radical (unpaired) electrons. The van der Waals surface area contributed by atoms with Gasteiger partial charge in [0.15, 0.2) is 0 Å². The average molecular weight is 251 g/mol. The SMILES string of the molecule is CC1CC[C@H](N)c2cc(Cc3ccccc3)ccc21. The van der Waals surface area contributed by atoms with E-state index >= 15 is 0 Å². The van der Waals surface area contributed by atoms with Crippen molar-refractivity contribution in [3.05, 3.63) is 70.8 Å². The van der Waals surface area contributed by atoms with Crippen LogP contribution >= 0.6 is 0 Å². The van der Waals surface area contributed by atoms with Crippen molar-refractivity contribution in [2.24, 2.45) is 5.73 Å². The Morgan fingerprint density at radius 1 is 0.947 bits per heavy atom. The molecule has 2 atom stereocenters. The number of hydrogen-bond donors (Lipinski definition) is 1. The monoisotopic (exact) mass is 251 g/mol. The topological polar surface area (TPSA) is 26.0 Å². The van der Waals surface area contributed by atoms with Crippen LogP contribution in [0.4, 0.5) is 0 Å². The maximum Gasteiger partial charge on any atom is 0.0297 e. The second kappa shape index (κ2) is 5.18. The van der Waals surface area contributed by atoms with Gasteiger partial charge in [-0.25, -0.2) is 0 Å². The Kier molecular flexibility index (Phi) is 3.39. The van der Waals surface area contributed by atoms with E-state index in [-0.39, 0.29) is 6.04 Å². The zero-order valence-corrected chi connectivity index (χ0v) is 11.5. The number of benzene rings is 2. The summed E-state index contributed by atoms with van der Waals surface area (Å²) < 4.78 is 0. The van der Waals surface area contributed by atoms with Gasteiger partial charge in [-0.1, -0.05) is 55.5 Å². The Morgan fingerprint density at radius 2 is 1.74 bits per heavy atom. The zero-order chi connectivity index (χ0) is 13.2. The summed E-state index contributed by atoms with van der Waals surface area (Å²) in [4.78, 5) is 0. The first-order valence-corrected chi connectivity index (χ1v) is 7.16. The minimum Gasteiger partial charge on any atom is -0.324 e. The lowest BCUT2D eigenvalue weighted by Crippen LogP contribution is -2.19. The molecule has 0 saturated heterocycles. The Balaban J connectivity index is 1.91. The molecule has 0 fully saturated rings. The third kappa shape index (κ3) is 2.57. The van der Waals surface area contributed by atoms with Crippen LogP contribution in [-0.4, -0.2) is 0 Å². The summed E-state index contributed by atoms with van der Waals surface area (Å²) in [6.07, 6.45) is 3.32. The molecule has 19 heavy (non-hydrogen) atoms. The van der Waals surface area contributed by atoms with Crippen molar-refractivity contribution in [2.75, 3.05) is 0 Å². The molecule has 1 aliphatic rings. The largest absolute Gasteiger partial charge is 0.324 e. The molecule has 98 valence electrons. The van der Waals surface area contributed by atoms with Gasteiger partial charge in [-0.15, -0.1) is 0 Å². The molecule has 0 bridgehead atoms. The number of rotatable bonds is 2. The van der Waals surface area contributed by atoms with Crippen LogP contribution in [0.1, 0.15) is 54.0 Å². The van der Waals surface area contributed by atoms with Crippen LogP contribution in [0.3, 0.4) is 0 Å². The van der Waals surface area contributed by atoms with Gasteiger partial charge in [-0.2, -0.15) is 0 Å². The Labute approximate surface area is 115 Å². The number of hydrogen-bond acceptors (Lipinski definition) is 1. The van der Waals surface area contributed by atoms with Crippen LogP contribution in [0.15, 0.2) is 48.5 Å². The van der Waals surface area contributed by atoms with E-state index in [1.807, 2.05) is 0 Å². The second-order valence-corrected chi connectivity index (χ2v) is 5.71. The molecule has 0 spiro atoms. The van der Waals surface area contributed by atoms with Gasteiger partial charge < -0.3 is 5.73 Å². The van der Waals surface area contributed by atoms with E-state index in [4.69, 9.17) is 5.73 Å². The number of fused-ring (bicyclic) bond motifs is 1. The smallest absolute Gasteiger partial charge is 0.0297 e. The summed E-state index contributed by atoms with van der Waals surface area (Å²) in [5.41, 5.74) is 11.8. The predicted octanol–water partition coefficient (Wildman–Crippen LogP) is 4.17. The van der Waals surface area contributed by atoms with Crippen molar-refractivity contribution in [3.8, 4) is 0 Å². The Morgan fingerprint density at radius 3 is 2.53 bits per heavy atom. The zero-order valence-electron chi connectivity index (χ0n) is 11.5. The predicted molar refractivity (Wildman–Crippen MR) is 80.3 cm³/mol. The summed E-state index contributed by atoms with van der Waals surface area (Å²) in [7, 11) is 0. The summed E-state index contributed by atoms with van der Waals surface area (Å²) in [5.74, 6) is 0.653. The summed E-state index contributed by atoms with van der Waals surface area (Å²) in [6.45, 7) is 2.31. The molecular weight excluding hydrogens is 230 g/mol. The van der Waals surface area contributed by atoms with Gasteiger partial charge in [-0.3, -0.25) is 0 Å². The maximum absolute atomic E-state index is 6.27. The fourth-order valence-corrected chi connectivity index (χ4v) is 3.08. The van der Waals surface area contributed by atoms with Crippen LogP contribution < -0.4 is 5.73 Å². The van der Waals surface area contributed by atoms with Gasteiger partial charge in [0.1, 0.15) is 0 Å². The average Bonchev–Trinajstić information content (AvgIpc) is 2.44. The highest BCUT2D eigenvalue weighted by Crippen LogP contribution is 2.36. The molecule has 1 unspecified atom stereocenters. The molecule has 2 aromatic carbocycles. The van der Waals surface area contributed by atoms with Crippen LogP contribution in [0.5, 0.6) is 0 Å². The molecule has 1 heteroatoms. The molecule has 0 heterocycles. The molecule has 1 aliphatic carbocycles. The standard InChI is InChI=1S/C18H21N/c1-13-7-10-18(19)17-12-15(8-9-16(13)17)11-14-5-3-2-4-6-14/h2-6,8-9,12-13,18H,7,10-11,19H2,1H3/t13?,18-/m0/s1. The van der Waals surface area contributed by atoms with E-state index in [0.717, 1.165) is 12.8 Å². The van der Waals surface area contributed by atoms with Gasteiger partial charge in [0.25, 0.3) is 0 Å². The lowest BCUT2D eigenvalue weighted by atomic mass is 9.80. The second-order valence-electron chi connectivity index (χ2n) is 5.71. The summed E-state index contributed by atoms with van der Waals surface area (Å²) >= 11 is 0. The number of nitrogens with two attached hydrogens (primary N) is 1. The third-order valence-corrected chi connectivity index (χ3v) is 4.24. The highest BCUT2D eigenvalue weighted by atomic mass is 14.6.